The number of hydrogen-bond donors (Lipinski definition) is 2. The zero-order chi connectivity index (χ0) is 14.3. The molecule has 1 aromatic rings. The first-order valence-corrected chi connectivity index (χ1v) is 6.00. The highest BCUT2D eigenvalue weighted by Gasteiger charge is 2.13. The van der Waals surface area contributed by atoms with Crippen molar-refractivity contribution in [2.75, 3.05) is 20.3 Å². The minimum Gasteiger partial charge on any atom is -0.383 e. The van der Waals surface area contributed by atoms with Crippen LogP contribution in [0.1, 0.15) is 12.5 Å². The van der Waals surface area contributed by atoms with Crippen LogP contribution in [-0.4, -0.2) is 32.3 Å². The number of amides is 2. The molecule has 0 heterocycles. The first-order chi connectivity index (χ1) is 9.04. The molecule has 0 radical (unpaired) electrons. The fourth-order valence-electron chi connectivity index (χ4n) is 1.63. The molecule has 6 heteroatoms. The molecule has 0 saturated carbocycles. The van der Waals surface area contributed by atoms with Gasteiger partial charge in [0.05, 0.1) is 6.61 Å². The van der Waals surface area contributed by atoms with Gasteiger partial charge in [-0.3, -0.25) is 0 Å². The molecule has 0 fully saturated rings. The van der Waals surface area contributed by atoms with Crippen molar-refractivity contribution < 1.29 is 18.3 Å². The minimum atomic E-state index is -0.603. The van der Waals surface area contributed by atoms with Gasteiger partial charge in [-0.2, -0.15) is 0 Å². The molecule has 19 heavy (non-hydrogen) atoms. The Hall–Kier alpha value is -1.69. The Balaban J connectivity index is 2.46. The fourth-order valence-corrected chi connectivity index (χ4v) is 1.63. The number of benzene rings is 1. The molecular formula is C13H18F2N2O2. The highest BCUT2D eigenvalue weighted by molar-refractivity contribution is 5.74. The van der Waals surface area contributed by atoms with Crippen molar-refractivity contribution in [2.45, 2.75) is 19.4 Å². The molecule has 2 N–H and O–H groups in total. The third-order valence-corrected chi connectivity index (χ3v) is 2.54. The fraction of sp³-hybridized carbons (Fsp3) is 0.462. The Kier molecular flexibility index (Phi) is 6.21. The lowest BCUT2D eigenvalue weighted by molar-refractivity contribution is 0.195. The van der Waals surface area contributed by atoms with Crippen LogP contribution in [0.5, 0.6) is 0 Å². The van der Waals surface area contributed by atoms with E-state index in [4.69, 9.17) is 4.74 Å². The van der Waals surface area contributed by atoms with E-state index in [2.05, 4.69) is 10.6 Å². The average molecular weight is 272 g/mol. The molecule has 0 saturated heterocycles. The zero-order valence-corrected chi connectivity index (χ0v) is 11.0. The number of nitrogens with one attached hydrogen (secondary N) is 2. The Morgan fingerprint density at radius 3 is 2.58 bits per heavy atom. The van der Waals surface area contributed by atoms with Crippen molar-refractivity contribution >= 4 is 6.03 Å². The summed E-state index contributed by atoms with van der Waals surface area (Å²) in [5.41, 5.74) is -0.0211. The second-order valence-corrected chi connectivity index (χ2v) is 4.20. The van der Waals surface area contributed by atoms with Crippen molar-refractivity contribution in [1.82, 2.24) is 10.6 Å². The van der Waals surface area contributed by atoms with Crippen molar-refractivity contribution in [3.8, 4) is 0 Å². The minimum absolute atomic E-state index is 0.0211. The van der Waals surface area contributed by atoms with Crippen LogP contribution < -0.4 is 10.6 Å². The normalized spacial score (nSPS) is 12.0. The van der Waals surface area contributed by atoms with Crippen LogP contribution in [0.25, 0.3) is 0 Å². The van der Waals surface area contributed by atoms with Crippen LogP contribution in [0.15, 0.2) is 18.2 Å². The summed E-state index contributed by atoms with van der Waals surface area (Å²) >= 11 is 0. The highest BCUT2D eigenvalue weighted by Crippen LogP contribution is 2.13. The zero-order valence-electron chi connectivity index (χ0n) is 11.0. The van der Waals surface area contributed by atoms with Crippen LogP contribution in [0.4, 0.5) is 13.6 Å². The molecule has 1 aromatic carbocycles. The van der Waals surface area contributed by atoms with E-state index in [0.717, 1.165) is 0 Å². The van der Waals surface area contributed by atoms with E-state index in [0.29, 0.717) is 13.2 Å². The number of carbonyl (C=O) groups excluding carboxylic acids is 1. The van der Waals surface area contributed by atoms with E-state index in [1.807, 2.05) is 0 Å². The van der Waals surface area contributed by atoms with Gasteiger partial charge in [0.2, 0.25) is 0 Å². The van der Waals surface area contributed by atoms with Gasteiger partial charge in [0.1, 0.15) is 11.6 Å². The summed E-state index contributed by atoms with van der Waals surface area (Å²) in [4.78, 5) is 11.4. The predicted molar refractivity (Wildman–Crippen MR) is 67.9 cm³/mol. The van der Waals surface area contributed by atoms with Crippen molar-refractivity contribution in [3.05, 3.63) is 35.4 Å². The molecule has 0 spiro atoms. The van der Waals surface area contributed by atoms with Gasteiger partial charge in [0.15, 0.2) is 0 Å². The van der Waals surface area contributed by atoms with Crippen LogP contribution in [0, 0.1) is 11.6 Å². The third kappa shape index (κ3) is 5.21. The van der Waals surface area contributed by atoms with E-state index in [9.17, 15) is 13.6 Å². The van der Waals surface area contributed by atoms with Gasteiger partial charge in [-0.1, -0.05) is 6.07 Å². The van der Waals surface area contributed by atoms with Gasteiger partial charge < -0.3 is 15.4 Å². The van der Waals surface area contributed by atoms with E-state index >= 15 is 0 Å². The molecule has 0 aliphatic rings. The SMILES string of the molecule is COCCNC(=O)N[C@H](C)Cc1c(F)cccc1F. The van der Waals surface area contributed by atoms with E-state index < -0.39 is 11.6 Å². The molecule has 0 aromatic heterocycles. The smallest absolute Gasteiger partial charge is 0.315 e. The summed E-state index contributed by atoms with van der Waals surface area (Å²) in [6.07, 6.45) is 0.0935. The van der Waals surface area contributed by atoms with Gasteiger partial charge in [0, 0.05) is 25.3 Å². The van der Waals surface area contributed by atoms with Crippen molar-refractivity contribution in [2.24, 2.45) is 0 Å². The standard InChI is InChI=1S/C13H18F2N2O2/c1-9(17-13(18)16-6-7-19-2)8-10-11(14)4-3-5-12(10)15/h3-5,9H,6-8H2,1-2H3,(H2,16,17,18)/t9-/m1/s1. The van der Waals surface area contributed by atoms with Gasteiger partial charge in [0.25, 0.3) is 0 Å². The molecule has 0 aliphatic heterocycles. The predicted octanol–water partition coefficient (Wildman–Crippen LogP) is 1.84. The number of rotatable bonds is 6. The van der Waals surface area contributed by atoms with Crippen LogP contribution in [0.2, 0.25) is 0 Å². The summed E-state index contributed by atoms with van der Waals surface area (Å²) in [7, 11) is 1.53. The molecule has 1 atom stereocenters. The molecule has 0 unspecified atom stereocenters. The van der Waals surface area contributed by atoms with Crippen LogP contribution in [0.3, 0.4) is 0 Å². The van der Waals surface area contributed by atoms with Crippen molar-refractivity contribution in [1.29, 1.82) is 0 Å². The maximum Gasteiger partial charge on any atom is 0.315 e. The number of carbonyl (C=O) groups is 1. The summed E-state index contributed by atoms with van der Waals surface area (Å²) in [5.74, 6) is -1.21. The molecular weight excluding hydrogens is 254 g/mol. The van der Waals surface area contributed by atoms with Crippen LogP contribution in [-0.2, 0) is 11.2 Å². The van der Waals surface area contributed by atoms with Crippen molar-refractivity contribution in [3.63, 3.8) is 0 Å². The largest absolute Gasteiger partial charge is 0.383 e. The lowest BCUT2D eigenvalue weighted by atomic mass is 10.1. The summed E-state index contributed by atoms with van der Waals surface area (Å²) in [6.45, 7) is 2.47. The van der Waals surface area contributed by atoms with Gasteiger partial charge >= 0.3 is 6.03 Å². The second-order valence-electron chi connectivity index (χ2n) is 4.20. The molecule has 0 bridgehead atoms. The molecule has 0 aliphatic carbocycles. The quantitative estimate of drug-likeness (QED) is 0.776. The van der Waals surface area contributed by atoms with Gasteiger partial charge in [-0.05, 0) is 25.5 Å². The lowest BCUT2D eigenvalue weighted by Crippen LogP contribution is -2.42. The molecule has 4 nitrogen and oxygen atoms in total. The van der Waals surface area contributed by atoms with Crippen LogP contribution >= 0.6 is 0 Å². The van der Waals surface area contributed by atoms with E-state index in [-0.39, 0.29) is 24.1 Å². The summed E-state index contributed by atoms with van der Waals surface area (Å²) < 4.78 is 31.6. The maximum absolute atomic E-state index is 13.4. The number of urea groups is 1. The first-order valence-electron chi connectivity index (χ1n) is 6.00. The number of ether oxygens (including phenoxy) is 1. The van der Waals surface area contributed by atoms with Gasteiger partial charge in [-0.25, -0.2) is 13.6 Å². The third-order valence-electron chi connectivity index (χ3n) is 2.54. The van der Waals surface area contributed by atoms with E-state index in [1.54, 1.807) is 6.92 Å². The topological polar surface area (TPSA) is 50.4 Å². The Morgan fingerprint density at radius 2 is 2.00 bits per heavy atom. The van der Waals surface area contributed by atoms with Gasteiger partial charge in [-0.15, -0.1) is 0 Å². The summed E-state index contributed by atoms with van der Waals surface area (Å²) in [5, 5.41) is 5.17. The first kappa shape index (κ1) is 15.4. The Labute approximate surface area is 111 Å². The molecule has 2 amide bonds. The monoisotopic (exact) mass is 272 g/mol. The highest BCUT2D eigenvalue weighted by atomic mass is 19.1. The number of hydrogen-bond acceptors (Lipinski definition) is 2. The molecule has 106 valence electrons. The Bertz CT molecular complexity index is 407. The molecule has 1 rings (SSSR count). The number of methoxy groups -OCH3 is 1. The Morgan fingerprint density at radius 1 is 1.37 bits per heavy atom. The number of halogens is 2. The average Bonchev–Trinajstić information content (AvgIpc) is 2.34. The lowest BCUT2D eigenvalue weighted by Gasteiger charge is -2.15. The second kappa shape index (κ2) is 7.68. The maximum atomic E-state index is 13.4. The van der Waals surface area contributed by atoms with E-state index in [1.165, 1.54) is 25.3 Å². The summed E-state index contributed by atoms with van der Waals surface area (Å²) in [6, 6.07) is 2.94.